The summed E-state index contributed by atoms with van der Waals surface area (Å²) in [5, 5.41) is 3.67. The van der Waals surface area contributed by atoms with Gasteiger partial charge in [0.05, 0.1) is 30.8 Å². The number of hydrogen-bond acceptors (Lipinski definition) is 5. The molecule has 9 heteroatoms. The van der Waals surface area contributed by atoms with Gasteiger partial charge in [0.1, 0.15) is 5.75 Å². The quantitative estimate of drug-likeness (QED) is 0.694. The van der Waals surface area contributed by atoms with Gasteiger partial charge in [-0.3, -0.25) is 4.31 Å². The van der Waals surface area contributed by atoms with Crippen LogP contribution < -0.4 is 19.3 Å². The van der Waals surface area contributed by atoms with E-state index in [1.54, 1.807) is 7.11 Å². The van der Waals surface area contributed by atoms with E-state index in [0.717, 1.165) is 42.1 Å². The Morgan fingerprint density at radius 2 is 1.87 bits per heavy atom. The van der Waals surface area contributed by atoms with E-state index in [-0.39, 0.29) is 36.9 Å². The van der Waals surface area contributed by atoms with Crippen molar-refractivity contribution in [3.05, 3.63) is 53.6 Å². The van der Waals surface area contributed by atoms with Crippen LogP contribution in [0, 0.1) is 0 Å². The number of fused-ring (bicyclic) bond motifs is 1. The third kappa shape index (κ3) is 5.06. The van der Waals surface area contributed by atoms with Crippen LogP contribution in [0.4, 0.5) is 11.4 Å². The first-order valence-corrected chi connectivity index (χ1v) is 11.9. The molecule has 2 aromatic carbocycles. The number of piperidine rings is 1. The number of likely N-dealkylation sites (N-methyl/N-ethyl adjacent to an activating group) is 1. The van der Waals surface area contributed by atoms with Gasteiger partial charge >= 0.3 is 0 Å². The molecule has 2 aliphatic rings. The van der Waals surface area contributed by atoms with E-state index in [0.29, 0.717) is 13.0 Å². The minimum Gasteiger partial charge on any atom is -0.495 e. The molecule has 2 aliphatic heterocycles. The van der Waals surface area contributed by atoms with E-state index >= 15 is 0 Å². The Kier molecular flexibility index (Phi) is 8.50. The second kappa shape index (κ2) is 10.3. The van der Waals surface area contributed by atoms with Gasteiger partial charge in [0.25, 0.3) is 0 Å². The van der Waals surface area contributed by atoms with Crippen molar-refractivity contribution in [1.82, 2.24) is 5.32 Å². The average Bonchev–Trinajstić information content (AvgIpc) is 3.16. The number of sulfonamides is 1. The number of nitrogens with one attached hydrogen (secondary N) is 1. The van der Waals surface area contributed by atoms with E-state index in [4.69, 9.17) is 4.74 Å². The van der Waals surface area contributed by atoms with Crippen molar-refractivity contribution in [1.29, 1.82) is 0 Å². The zero-order chi connectivity index (χ0) is 20.6. The van der Waals surface area contributed by atoms with Crippen LogP contribution in [0.15, 0.2) is 42.5 Å². The van der Waals surface area contributed by atoms with Gasteiger partial charge in [0.2, 0.25) is 10.0 Å². The molecular weight excluding hydrogens is 457 g/mol. The first kappa shape index (κ1) is 25.6. The lowest BCUT2D eigenvalue weighted by Gasteiger charge is -2.40. The lowest BCUT2D eigenvalue weighted by atomic mass is 9.91. The van der Waals surface area contributed by atoms with Crippen LogP contribution in [0.5, 0.6) is 5.75 Å². The zero-order valence-electron chi connectivity index (χ0n) is 18.1. The molecule has 1 saturated heterocycles. The SMILES string of the molecule is COc1cc2c(cc1N(C)[C@@H]1CCCN[C@@H]1c1ccccc1)N(S(C)(=O)=O)CC2.Cl.Cl. The number of hydrogen-bond donors (Lipinski definition) is 1. The molecule has 0 aromatic heterocycles. The summed E-state index contributed by atoms with van der Waals surface area (Å²) in [6.07, 6.45) is 4.13. The number of methoxy groups -OCH3 is 1. The highest BCUT2D eigenvalue weighted by molar-refractivity contribution is 7.92. The van der Waals surface area contributed by atoms with E-state index in [1.165, 1.54) is 16.1 Å². The lowest BCUT2D eigenvalue weighted by molar-refractivity contribution is 0.344. The average molecular weight is 488 g/mol. The van der Waals surface area contributed by atoms with Crippen LogP contribution in [0.3, 0.4) is 0 Å². The third-order valence-electron chi connectivity index (χ3n) is 6.10. The van der Waals surface area contributed by atoms with Crippen molar-refractivity contribution in [3.8, 4) is 5.75 Å². The van der Waals surface area contributed by atoms with Crippen LogP contribution in [0.1, 0.15) is 30.0 Å². The highest BCUT2D eigenvalue weighted by Gasteiger charge is 2.33. The van der Waals surface area contributed by atoms with Gasteiger partial charge < -0.3 is 15.0 Å². The summed E-state index contributed by atoms with van der Waals surface area (Å²) in [7, 11) is 0.463. The molecule has 0 unspecified atom stereocenters. The minimum atomic E-state index is -3.29. The highest BCUT2D eigenvalue weighted by Crippen LogP contribution is 2.42. The molecule has 0 aliphatic carbocycles. The summed E-state index contributed by atoms with van der Waals surface area (Å²) in [6, 6.07) is 14.9. The Labute approximate surface area is 197 Å². The van der Waals surface area contributed by atoms with Crippen LogP contribution in [-0.2, 0) is 16.4 Å². The first-order chi connectivity index (χ1) is 13.9. The van der Waals surface area contributed by atoms with Gasteiger partial charge in [-0.2, -0.15) is 0 Å². The van der Waals surface area contributed by atoms with Crippen LogP contribution in [0.25, 0.3) is 0 Å². The molecule has 0 saturated carbocycles. The molecule has 2 atom stereocenters. The highest BCUT2D eigenvalue weighted by atomic mass is 35.5. The Hall–Kier alpha value is -1.67. The minimum absolute atomic E-state index is 0. The summed E-state index contributed by atoms with van der Waals surface area (Å²) < 4.78 is 31.7. The van der Waals surface area contributed by atoms with Gasteiger partial charge in [-0.15, -0.1) is 24.8 Å². The Balaban J connectivity index is 0.00000171. The number of anilines is 2. The predicted octanol–water partition coefficient (Wildman–Crippen LogP) is 3.79. The zero-order valence-corrected chi connectivity index (χ0v) is 20.5. The maximum Gasteiger partial charge on any atom is 0.232 e. The molecule has 172 valence electrons. The fourth-order valence-corrected chi connectivity index (χ4v) is 5.58. The predicted molar refractivity (Wildman–Crippen MR) is 132 cm³/mol. The molecule has 31 heavy (non-hydrogen) atoms. The summed E-state index contributed by atoms with van der Waals surface area (Å²) in [5.41, 5.74) is 3.99. The van der Waals surface area contributed by atoms with E-state index in [9.17, 15) is 8.42 Å². The molecule has 0 amide bonds. The molecule has 0 radical (unpaired) electrons. The number of nitrogens with zero attached hydrogens (tertiary/aromatic N) is 2. The molecular formula is C22H31Cl2N3O3S. The van der Waals surface area contributed by atoms with Gasteiger partial charge in [-0.25, -0.2) is 8.42 Å². The molecule has 2 aromatic rings. The summed E-state index contributed by atoms with van der Waals surface area (Å²) in [6.45, 7) is 1.48. The van der Waals surface area contributed by atoms with E-state index < -0.39 is 10.0 Å². The molecule has 1 fully saturated rings. The maximum absolute atomic E-state index is 12.2. The lowest BCUT2D eigenvalue weighted by Crippen LogP contribution is -2.47. The van der Waals surface area contributed by atoms with E-state index in [2.05, 4.69) is 41.5 Å². The second-order valence-electron chi connectivity index (χ2n) is 7.90. The summed E-state index contributed by atoms with van der Waals surface area (Å²) in [5.74, 6) is 0.791. The first-order valence-electron chi connectivity index (χ1n) is 10.1. The van der Waals surface area contributed by atoms with Crippen LogP contribution >= 0.6 is 24.8 Å². The van der Waals surface area contributed by atoms with Crippen molar-refractivity contribution >= 4 is 46.2 Å². The van der Waals surface area contributed by atoms with Crippen molar-refractivity contribution in [2.75, 3.05) is 42.7 Å². The van der Waals surface area contributed by atoms with Gasteiger partial charge in [0, 0.05) is 19.6 Å². The second-order valence-corrected chi connectivity index (χ2v) is 9.81. The van der Waals surface area contributed by atoms with Crippen molar-refractivity contribution in [3.63, 3.8) is 0 Å². The summed E-state index contributed by atoms with van der Waals surface area (Å²) >= 11 is 0. The van der Waals surface area contributed by atoms with Crippen molar-refractivity contribution < 1.29 is 13.2 Å². The number of ether oxygens (including phenoxy) is 1. The Bertz CT molecular complexity index is 989. The molecule has 0 spiro atoms. The van der Waals surface area contributed by atoms with Crippen molar-refractivity contribution in [2.24, 2.45) is 0 Å². The topological polar surface area (TPSA) is 61.9 Å². The standard InChI is InChI=1S/C22H29N3O3S.2ClH/c1-24(18-10-7-12-23-22(18)16-8-5-4-6-9-16)20-15-19-17(14-21(20)28-2)11-13-25(19)29(3,26)27;;/h4-6,8-9,14-15,18,22-23H,7,10-13H2,1-3H3;2*1H/t18-,22-;;/m1../s1. The largest absolute Gasteiger partial charge is 0.495 e. The van der Waals surface area contributed by atoms with Crippen LogP contribution in [0.2, 0.25) is 0 Å². The third-order valence-corrected chi connectivity index (χ3v) is 7.28. The van der Waals surface area contributed by atoms with Gasteiger partial charge in [-0.1, -0.05) is 30.3 Å². The van der Waals surface area contributed by atoms with Gasteiger partial charge in [0.15, 0.2) is 0 Å². The van der Waals surface area contributed by atoms with Crippen LogP contribution in [-0.4, -0.2) is 48.0 Å². The smallest absolute Gasteiger partial charge is 0.232 e. The van der Waals surface area contributed by atoms with Crippen molar-refractivity contribution in [2.45, 2.75) is 31.3 Å². The molecule has 1 N–H and O–H groups in total. The molecule has 6 nitrogen and oxygen atoms in total. The molecule has 0 bridgehead atoms. The maximum atomic E-state index is 12.2. The summed E-state index contributed by atoms with van der Waals surface area (Å²) in [4.78, 5) is 2.25. The number of halogens is 2. The number of benzene rings is 2. The fraction of sp³-hybridized carbons (Fsp3) is 0.455. The Morgan fingerprint density at radius 3 is 2.52 bits per heavy atom. The normalized spacial score (nSPS) is 20.3. The number of rotatable bonds is 5. The Morgan fingerprint density at radius 1 is 1.16 bits per heavy atom. The molecule has 4 rings (SSSR count). The molecule has 2 heterocycles. The van der Waals surface area contributed by atoms with Gasteiger partial charge in [-0.05, 0) is 49.1 Å². The van der Waals surface area contributed by atoms with E-state index in [1.807, 2.05) is 18.2 Å². The fourth-order valence-electron chi connectivity index (χ4n) is 4.63. The monoisotopic (exact) mass is 487 g/mol.